The van der Waals surface area contributed by atoms with Crippen molar-refractivity contribution in [3.8, 4) is 5.75 Å². The van der Waals surface area contributed by atoms with Crippen molar-refractivity contribution in [1.29, 1.82) is 0 Å². The van der Waals surface area contributed by atoms with Crippen LogP contribution in [0.1, 0.15) is 45.8 Å². The number of morpholine rings is 1. The van der Waals surface area contributed by atoms with Crippen LogP contribution in [0.2, 0.25) is 0 Å². The summed E-state index contributed by atoms with van der Waals surface area (Å²) in [5.41, 5.74) is 1.73. The van der Waals surface area contributed by atoms with Gasteiger partial charge in [0.15, 0.2) is 0 Å². The third kappa shape index (κ3) is 5.02. The van der Waals surface area contributed by atoms with Crippen molar-refractivity contribution < 1.29 is 28.7 Å². The maximum absolute atomic E-state index is 13.1. The van der Waals surface area contributed by atoms with Gasteiger partial charge in [-0.15, -0.1) is 0 Å². The van der Waals surface area contributed by atoms with Gasteiger partial charge in [-0.1, -0.05) is 29.1 Å². The van der Waals surface area contributed by atoms with E-state index in [9.17, 15) is 19.2 Å². The predicted molar refractivity (Wildman–Crippen MR) is 145 cm³/mol. The van der Waals surface area contributed by atoms with Crippen molar-refractivity contribution in [2.45, 2.75) is 36.8 Å². The Hall–Kier alpha value is -3.40. The zero-order valence-electron chi connectivity index (χ0n) is 21.0. The first kappa shape index (κ1) is 27.2. The van der Waals surface area contributed by atoms with Gasteiger partial charge in [0.2, 0.25) is 17.7 Å². The summed E-state index contributed by atoms with van der Waals surface area (Å²) in [6.07, 6.45) is 0.354. The highest BCUT2D eigenvalue weighted by molar-refractivity contribution is 6.44. The van der Waals surface area contributed by atoms with E-state index in [2.05, 4.69) is 5.32 Å². The molecule has 9 nitrogen and oxygen atoms in total. The van der Waals surface area contributed by atoms with E-state index in [1.165, 1.54) is 21.9 Å². The first-order chi connectivity index (χ1) is 18.5. The molecule has 0 aromatic heterocycles. The van der Waals surface area contributed by atoms with E-state index in [0.29, 0.717) is 29.8 Å². The lowest BCUT2D eigenvalue weighted by molar-refractivity contribution is -0.143. The molecule has 2 unspecified atom stereocenters. The number of ether oxygens (including phenoxy) is 2. The number of amides is 4. The molecule has 3 heterocycles. The Labute approximate surface area is 232 Å². The predicted octanol–water partition coefficient (Wildman–Crippen LogP) is -2.41. The molecule has 0 saturated carbocycles. The number of benzene rings is 2. The Bertz CT molecular complexity index is 1390. The average Bonchev–Trinajstić information content (AvgIpc) is 3.22. The normalized spacial score (nSPS) is 20.6. The molecular weight excluding hydrogens is 492 g/mol. The number of nitrogens with zero attached hydrogens (tertiary/aromatic N) is 2. The summed E-state index contributed by atoms with van der Waals surface area (Å²) in [4.78, 5) is 52.1. The molecule has 2 fully saturated rings. The molecule has 4 amide bonds. The Morgan fingerprint density at radius 1 is 1.10 bits per heavy atom. The SMILES string of the molecule is [B]c1cc(C([B])([B])Oc2cccc3c2CN(C2CCC(=O)NC2=O)C3=O)c([B])cc1C([B])N1CCOCC1=O. The minimum Gasteiger partial charge on any atom is -0.502 e. The monoisotopic (exact) mass is 513 g/mol. The number of imide groups is 1. The molecule has 1 N–H and O–H groups in total. The number of piperidine rings is 1. The summed E-state index contributed by atoms with van der Waals surface area (Å²) >= 11 is 0. The molecule has 5 rings (SSSR count). The van der Waals surface area contributed by atoms with Gasteiger partial charge in [-0.3, -0.25) is 24.5 Å². The van der Waals surface area contributed by atoms with Gasteiger partial charge in [0, 0.05) is 35.4 Å². The molecule has 3 aliphatic heterocycles. The summed E-state index contributed by atoms with van der Waals surface area (Å²) in [7, 11) is 31.7. The smallest absolute Gasteiger partial charge is 0.255 e. The number of fused-ring (bicyclic) bond motifs is 1. The van der Waals surface area contributed by atoms with Crippen LogP contribution in [-0.2, 0) is 31.1 Å². The molecule has 10 radical (unpaired) electrons. The van der Waals surface area contributed by atoms with Crippen LogP contribution in [0.15, 0.2) is 30.3 Å². The largest absolute Gasteiger partial charge is 0.502 e. The van der Waals surface area contributed by atoms with E-state index in [1.54, 1.807) is 18.2 Å². The Kier molecular flexibility index (Phi) is 7.18. The fraction of sp³-hybridized carbons (Fsp3) is 0.360. The van der Waals surface area contributed by atoms with Crippen molar-refractivity contribution in [2.24, 2.45) is 0 Å². The van der Waals surface area contributed by atoms with Crippen LogP contribution in [-0.4, -0.2) is 98.5 Å². The van der Waals surface area contributed by atoms with Gasteiger partial charge in [-0.25, -0.2) is 0 Å². The van der Waals surface area contributed by atoms with Crippen LogP contribution in [0, 0.1) is 0 Å². The molecule has 39 heavy (non-hydrogen) atoms. The van der Waals surface area contributed by atoms with Crippen molar-refractivity contribution in [1.82, 2.24) is 15.1 Å². The van der Waals surface area contributed by atoms with E-state index < -0.39 is 23.3 Å². The molecular formula is C25H20B5N3O6. The number of rotatable bonds is 6. The maximum Gasteiger partial charge on any atom is 0.255 e. The number of carbonyl (C=O) groups excluding carboxylic acids is 4. The van der Waals surface area contributed by atoms with Crippen molar-refractivity contribution in [3.05, 3.63) is 52.6 Å². The lowest BCUT2D eigenvalue weighted by atomic mass is 9.57. The Morgan fingerprint density at radius 3 is 2.59 bits per heavy atom. The number of hydrogen-bond donors (Lipinski definition) is 1. The second-order valence-corrected chi connectivity index (χ2v) is 9.73. The maximum atomic E-state index is 13.1. The minimum atomic E-state index is -1.98. The quantitative estimate of drug-likeness (QED) is 0.342. The molecule has 186 valence electrons. The van der Waals surface area contributed by atoms with Gasteiger partial charge in [0.25, 0.3) is 5.91 Å². The van der Waals surface area contributed by atoms with Gasteiger partial charge in [-0.05, 0) is 29.7 Å². The second kappa shape index (κ2) is 10.3. The van der Waals surface area contributed by atoms with E-state index in [-0.39, 0.29) is 66.0 Å². The highest BCUT2D eigenvalue weighted by Crippen LogP contribution is 2.36. The fourth-order valence-electron chi connectivity index (χ4n) is 5.13. The molecule has 0 bridgehead atoms. The van der Waals surface area contributed by atoms with Gasteiger partial charge >= 0.3 is 0 Å². The molecule has 2 aromatic rings. The van der Waals surface area contributed by atoms with Gasteiger partial charge in [0.05, 0.1) is 13.2 Å². The van der Waals surface area contributed by atoms with Crippen LogP contribution in [0.5, 0.6) is 5.75 Å². The Balaban J connectivity index is 1.40. The van der Waals surface area contributed by atoms with Crippen molar-refractivity contribution in [3.63, 3.8) is 0 Å². The second-order valence-electron chi connectivity index (χ2n) is 9.73. The molecule has 2 atom stereocenters. The van der Waals surface area contributed by atoms with E-state index in [0.717, 1.165) is 0 Å². The molecule has 2 saturated heterocycles. The number of hydrogen-bond acceptors (Lipinski definition) is 6. The summed E-state index contributed by atoms with van der Waals surface area (Å²) in [6, 6.07) is 6.97. The summed E-state index contributed by atoms with van der Waals surface area (Å²) < 4.78 is 11.2. The lowest BCUT2D eigenvalue weighted by Gasteiger charge is -2.36. The molecule has 3 aliphatic rings. The minimum absolute atomic E-state index is 0.0612. The highest BCUT2D eigenvalue weighted by atomic mass is 16.5. The van der Waals surface area contributed by atoms with Crippen LogP contribution < -0.4 is 21.0 Å². The van der Waals surface area contributed by atoms with E-state index >= 15 is 0 Å². The summed E-state index contributed by atoms with van der Waals surface area (Å²) in [5.74, 6) is -2.18. The molecule has 0 aliphatic carbocycles. The van der Waals surface area contributed by atoms with E-state index in [1.807, 2.05) is 0 Å². The van der Waals surface area contributed by atoms with Gasteiger partial charge in [-0.2, -0.15) is 0 Å². The standard InChI is InChI=1S/C25H20B5N3O6/c26-16-9-15(17(27)8-13(16)22(28)32-6-7-38-11-21(32)35)25(29,30)39-19-3-1-2-12-14(19)10-33(24(12)37)18-4-5-20(34)31-23(18)36/h1-3,8-9,18,22H,4-7,10-11H2,(H,31,34,36). The van der Waals surface area contributed by atoms with Crippen LogP contribution in [0.4, 0.5) is 0 Å². The number of carbonyl (C=O) groups is 4. The summed E-state index contributed by atoms with van der Waals surface area (Å²) in [6.45, 7) is 0.635. The number of nitrogens with one attached hydrogen (secondary N) is 1. The first-order valence-electron chi connectivity index (χ1n) is 12.3. The first-order valence-corrected chi connectivity index (χ1v) is 12.3. The average molecular weight is 513 g/mol. The molecule has 2 aromatic carbocycles. The zero-order valence-corrected chi connectivity index (χ0v) is 21.0. The van der Waals surface area contributed by atoms with Gasteiger partial charge in [0.1, 0.15) is 57.6 Å². The van der Waals surface area contributed by atoms with E-state index in [4.69, 9.17) is 48.7 Å². The highest BCUT2D eigenvalue weighted by Gasteiger charge is 2.40. The lowest BCUT2D eigenvalue weighted by Crippen LogP contribution is -2.52. The van der Waals surface area contributed by atoms with Crippen molar-refractivity contribution >= 4 is 73.8 Å². The third-order valence-electron chi connectivity index (χ3n) is 7.17. The molecule has 0 spiro atoms. The zero-order chi connectivity index (χ0) is 28.1. The van der Waals surface area contributed by atoms with Gasteiger partial charge < -0.3 is 19.3 Å². The third-order valence-corrected chi connectivity index (χ3v) is 7.17. The van der Waals surface area contributed by atoms with Crippen LogP contribution in [0.25, 0.3) is 0 Å². The topological polar surface area (TPSA) is 105 Å². The van der Waals surface area contributed by atoms with Crippen LogP contribution in [0.3, 0.4) is 0 Å². The fourth-order valence-corrected chi connectivity index (χ4v) is 5.13. The van der Waals surface area contributed by atoms with Crippen molar-refractivity contribution in [2.75, 3.05) is 19.8 Å². The summed E-state index contributed by atoms with van der Waals surface area (Å²) in [5, 5.41) is 0.293. The molecule has 14 heteroatoms. The Morgan fingerprint density at radius 2 is 1.87 bits per heavy atom. The van der Waals surface area contributed by atoms with Crippen LogP contribution >= 0.6 is 0 Å².